The molecule has 0 spiro atoms. The van der Waals surface area contributed by atoms with Crippen molar-refractivity contribution >= 4 is 17.2 Å². The zero-order valence-electron chi connectivity index (χ0n) is 11.9. The monoisotopic (exact) mass is 268 g/mol. The van der Waals surface area contributed by atoms with Crippen LogP contribution in [0.1, 0.15) is 52.0 Å². The molecule has 1 aromatic rings. The van der Waals surface area contributed by atoms with Crippen molar-refractivity contribution in [3.05, 3.63) is 22.4 Å². The van der Waals surface area contributed by atoms with Crippen molar-refractivity contribution in [2.75, 3.05) is 0 Å². The molecule has 3 N–H and O–H groups in total. The molecule has 1 rings (SSSR count). The number of hydrogen-bond acceptors (Lipinski definition) is 3. The Balaban J connectivity index is 2.64. The average Bonchev–Trinajstić information content (AvgIpc) is 2.63. The van der Waals surface area contributed by atoms with Crippen molar-refractivity contribution in [2.24, 2.45) is 11.1 Å². The van der Waals surface area contributed by atoms with Crippen LogP contribution >= 0.6 is 11.3 Å². The SMILES string of the molecule is CC(C)(C)CC(C)(C)NC(=O)C(N)c1cccs1. The summed E-state index contributed by atoms with van der Waals surface area (Å²) < 4.78 is 0. The smallest absolute Gasteiger partial charge is 0.242 e. The molecule has 3 nitrogen and oxygen atoms in total. The topological polar surface area (TPSA) is 55.1 Å². The lowest BCUT2D eigenvalue weighted by Crippen LogP contribution is -2.48. The Morgan fingerprint density at radius 1 is 1.39 bits per heavy atom. The molecule has 4 heteroatoms. The fourth-order valence-electron chi connectivity index (χ4n) is 2.38. The van der Waals surface area contributed by atoms with Crippen LogP contribution < -0.4 is 11.1 Å². The number of nitrogens with two attached hydrogens (primary N) is 1. The molecule has 1 amide bonds. The summed E-state index contributed by atoms with van der Waals surface area (Å²) in [4.78, 5) is 13.0. The van der Waals surface area contributed by atoms with Crippen molar-refractivity contribution in [3.8, 4) is 0 Å². The molecule has 0 aliphatic carbocycles. The van der Waals surface area contributed by atoms with Crippen LogP contribution in [0.15, 0.2) is 17.5 Å². The molecule has 0 aliphatic heterocycles. The highest BCUT2D eigenvalue weighted by Gasteiger charge is 2.29. The summed E-state index contributed by atoms with van der Waals surface area (Å²) in [6.45, 7) is 10.6. The lowest BCUT2D eigenvalue weighted by atomic mass is 9.81. The Labute approximate surface area is 114 Å². The second kappa shape index (κ2) is 5.41. The minimum Gasteiger partial charge on any atom is -0.350 e. The zero-order valence-corrected chi connectivity index (χ0v) is 12.7. The van der Waals surface area contributed by atoms with Gasteiger partial charge in [0.05, 0.1) is 0 Å². The van der Waals surface area contributed by atoms with E-state index < -0.39 is 6.04 Å². The van der Waals surface area contributed by atoms with Crippen LogP contribution in [-0.2, 0) is 4.79 Å². The first-order chi connectivity index (χ1) is 8.11. The summed E-state index contributed by atoms with van der Waals surface area (Å²) in [5, 5.41) is 4.98. The Bertz CT molecular complexity index is 390. The third kappa shape index (κ3) is 4.78. The van der Waals surface area contributed by atoms with Gasteiger partial charge >= 0.3 is 0 Å². The Morgan fingerprint density at radius 3 is 2.44 bits per heavy atom. The lowest BCUT2D eigenvalue weighted by molar-refractivity contribution is -0.124. The Hall–Kier alpha value is -0.870. The number of hydrogen-bond donors (Lipinski definition) is 2. The molecule has 102 valence electrons. The van der Waals surface area contributed by atoms with Gasteiger partial charge in [0.15, 0.2) is 0 Å². The van der Waals surface area contributed by atoms with Crippen LogP contribution in [0.3, 0.4) is 0 Å². The largest absolute Gasteiger partial charge is 0.350 e. The summed E-state index contributed by atoms with van der Waals surface area (Å²) in [7, 11) is 0. The Morgan fingerprint density at radius 2 is 2.00 bits per heavy atom. The molecule has 0 saturated heterocycles. The van der Waals surface area contributed by atoms with Crippen molar-refractivity contribution in [3.63, 3.8) is 0 Å². The molecular formula is C14H24N2OS. The predicted molar refractivity (Wildman–Crippen MR) is 77.5 cm³/mol. The maximum atomic E-state index is 12.1. The number of amides is 1. The minimum atomic E-state index is -0.566. The van der Waals surface area contributed by atoms with E-state index in [0.717, 1.165) is 11.3 Å². The standard InChI is InChI=1S/C14H24N2OS/c1-13(2,3)9-14(4,5)16-12(17)11(15)10-7-6-8-18-10/h6-8,11H,9,15H2,1-5H3,(H,16,17). The summed E-state index contributed by atoms with van der Waals surface area (Å²) in [6.07, 6.45) is 0.906. The molecule has 0 radical (unpaired) electrons. The van der Waals surface area contributed by atoms with E-state index in [-0.39, 0.29) is 16.9 Å². The molecule has 0 saturated carbocycles. The van der Waals surface area contributed by atoms with Gasteiger partial charge in [0.1, 0.15) is 6.04 Å². The second-order valence-electron chi connectivity index (χ2n) is 6.60. The number of carbonyl (C=O) groups is 1. The molecule has 0 aliphatic rings. The van der Waals surface area contributed by atoms with Gasteiger partial charge in [0.25, 0.3) is 0 Å². The van der Waals surface area contributed by atoms with Crippen LogP contribution in [-0.4, -0.2) is 11.4 Å². The number of thiophene rings is 1. The zero-order chi connectivity index (χ0) is 14.0. The Kier molecular flexibility index (Phi) is 4.56. The van der Waals surface area contributed by atoms with Gasteiger partial charge in [0, 0.05) is 10.4 Å². The normalized spacial score (nSPS) is 14.3. The number of rotatable bonds is 4. The lowest BCUT2D eigenvalue weighted by Gasteiger charge is -2.34. The van der Waals surface area contributed by atoms with E-state index in [9.17, 15) is 4.79 Å². The molecule has 0 aromatic carbocycles. The third-order valence-corrected chi connectivity index (χ3v) is 3.52. The van der Waals surface area contributed by atoms with E-state index in [1.165, 1.54) is 11.3 Å². The van der Waals surface area contributed by atoms with Crippen LogP contribution in [0.4, 0.5) is 0 Å². The van der Waals surface area contributed by atoms with Crippen LogP contribution in [0, 0.1) is 5.41 Å². The third-order valence-electron chi connectivity index (χ3n) is 2.57. The van der Waals surface area contributed by atoms with E-state index in [1.54, 1.807) is 0 Å². The fourth-order valence-corrected chi connectivity index (χ4v) is 3.10. The van der Waals surface area contributed by atoms with E-state index in [0.29, 0.717) is 0 Å². The molecular weight excluding hydrogens is 244 g/mol. The van der Waals surface area contributed by atoms with Gasteiger partial charge in [0.2, 0.25) is 5.91 Å². The van der Waals surface area contributed by atoms with E-state index in [1.807, 2.05) is 31.4 Å². The number of carbonyl (C=O) groups excluding carboxylic acids is 1. The van der Waals surface area contributed by atoms with Crippen molar-refractivity contribution in [1.82, 2.24) is 5.32 Å². The molecule has 0 fully saturated rings. The quantitative estimate of drug-likeness (QED) is 0.881. The molecule has 0 bridgehead atoms. The van der Waals surface area contributed by atoms with Gasteiger partial charge in [-0.05, 0) is 37.1 Å². The maximum absolute atomic E-state index is 12.1. The van der Waals surface area contributed by atoms with Crippen molar-refractivity contribution in [1.29, 1.82) is 0 Å². The van der Waals surface area contributed by atoms with Crippen molar-refractivity contribution in [2.45, 2.75) is 52.6 Å². The summed E-state index contributed by atoms with van der Waals surface area (Å²) >= 11 is 1.51. The van der Waals surface area contributed by atoms with Crippen LogP contribution in [0.25, 0.3) is 0 Å². The van der Waals surface area contributed by atoms with E-state index >= 15 is 0 Å². The predicted octanol–water partition coefficient (Wildman–Crippen LogP) is 3.08. The summed E-state index contributed by atoms with van der Waals surface area (Å²) in [6, 6.07) is 3.24. The highest BCUT2D eigenvalue weighted by molar-refractivity contribution is 7.10. The maximum Gasteiger partial charge on any atom is 0.242 e. The molecule has 1 heterocycles. The first-order valence-corrected chi connectivity index (χ1v) is 7.10. The van der Waals surface area contributed by atoms with Crippen molar-refractivity contribution < 1.29 is 4.79 Å². The molecule has 18 heavy (non-hydrogen) atoms. The van der Waals surface area contributed by atoms with E-state index in [4.69, 9.17) is 5.73 Å². The molecule has 1 unspecified atom stereocenters. The van der Waals surface area contributed by atoms with Gasteiger partial charge in [-0.2, -0.15) is 0 Å². The minimum absolute atomic E-state index is 0.105. The molecule has 1 atom stereocenters. The van der Waals surface area contributed by atoms with Crippen LogP contribution in [0.2, 0.25) is 0 Å². The van der Waals surface area contributed by atoms with E-state index in [2.05, 4.69) is 26.1 Å². The summed E-state index contributed by atoms with van der Waals surface area (Å²) in [5.74, 6) is -0.105. The van der Waals surface area contributed by atoms with Gasteiger partial charge < -0.3 is 11.1 Å². The first kappa shape index (κ1) is 15.2. The average molecular weight is 268 g/mol. The molecule has 1 aromatic heterocycles. The first-order valence-electron chi connectivity index (χ1n) is 6.22. The van der Waals surface area contributed by atoms with Gasteiger partial charge in [-0.1, -0.05) is 26.8 Å². The summed E-state index contributed by atoms with van der Waals surface area (Å²) in [5.41, 5.74) is 5.88. The highest BCUT2D eigenvalue weighted by atomic mass is 32.1. The highest BCUT2D eigenvalue weighted by Crippen LogP contribution is 2.27. The van der Waals surface area contributed by atoms with Gasteiger partial charge in [-0.15, -0.1) is 11.3 Å². The number of nitrogens with one attached hydrogen (secondary N) is 1. The van der Waals surface area contributed by atoms with Crippen LogP contribution in [0.5, 0.6) is 0 Å². The second-order valence-corrected chi connectivity index (χ2v) is 7.58. The van der Waals surface area contributed by atoms with Gasteiger partial charge in [-0.25, -0.2) is 0 Å². The fraction of sp³-hybridized carbons (Fsp3) is 0.643. The van der Waals surface area contributed by atoms with Gasteiger partial charge in [-0.3, -0.25) is 4.79 Å².